The zero-order chi connectivity index (χ0) is 12.8. The van der Waals surface area contributed by atoms with Gasteiger partial charge in [0.2, 0.25) is 0 Å². The summed E-state index contributed by atoms with van der Waals surface area (Å²) in [5.41, 5.74) is 1.11. The molecule has 0 bridgehead atoms. The highest BCUT2D eigenvalue weighted by molar-refractivity contribution is 5.02. The predicted molar refractivity (Wildman–Crippen MR) is 70.0 cm³/mol. The van der Waals surface area contributed by atoms with E-state index in [0.29, 0.717) is 12.0 Å². The highest BCUT2D eigenvalue weighted by Gasteiger charge is 2.24. The van der Waals surface area contributed by atoms with E-state index in [-0.39, 0.29) is 6.10 Å². The van der Waals surface area contributed by atoms with E-state index < -0.39 is 0 Å². The first-order valence-electron chi connectivity index (χ1n) is 6.35. The molecule has 0 saturated carbocycles. The van der Waals surface area contributed by atoms with Crippen molar-refractivity contribution in [2.75, 3.05) is 13.7 Å². The molecule has 0 spiro atoms. The Bertz CT molecular complexity index is 322. The first-order chi connectivity index (χ1) is 8.08. The van der Waals surface area contributed by atoms with Gasteiger partial charge in [-0.2, -0.15) is 5.10 Å². The van der Waals surface area contributed by atoms with Crippen LogP contribution in [-0.4, -0.2) is 35.6 Å². The second-order valence-electron chi connectivity index (χ2n) is 4.74. The molecular formula is C13H25N3O. The van der Waals surface area contributed by atoms with Gasteiger partial charge in [0, 0.05) is 32.3 Å². The molecule has 0 fully saturated rings. The Kier molecular flexibility index (Phi) is 5.65. The van der Waals surface area contributed by atoms with Crippen molar-refractivity contribution in [2.24, 2.45) is 13.0 Å². The van der Waals surface area contributed by atoms with Crippen molar-refractivity contribution in [1.82, 2.24) is 15.1 Å². The SMILES string of the molecule is CCOC(C(C)C)C(Cc1ccn(C)n1)NC. The van der Waals surface area contributed by atoms with Gasteiger partial charge in [0.1, 0.15) is 0 Å². The standard InChI is InChI=1S/C13H25N3O/c1-6-17-13(10(2)3)12(14-4)9-11-7-8-16(5)15-11/h7-8,10,12-14H,6,9H2,1-5H3. The van der Waals surface area contributed by atoms with E-state index in [9.17, 15) is 0 Å². The van der Waals surface area contributed by atoms with Gasteiger partial charge in [-0.05, 0) is 26.0 Å². The molecule has 4 heteroatoms. The molecule has 0 saturated heterocycles. The van der Waals surface area contributed by atoms with Gasteiger partial charge < -0.3 is 10.1 Å². The van der Waals surface area contributed by atoms with Crippen molar-refractivity contribution >= 4 is 0 Å². The second-order valence-corrected chi connectivity index (χ2v) is 4.74. The van der Waals surface area contributed by atoms with Gasteiger partial charge in [-0.1, -0.05) is 13.8 Å². The number of nitrogens with one attached hydrogen (secondary N) is 1. The van der Waals surface area contributed by atoms with E-state index in [4.69, 9.17) is 4.74 Å². The number of aryl methyl sites for hydroxylation is 1. The first kappa shape index (κ1) is 14.2. The van der Waals surface area contributed by atoms with Crippen LogP contribution >= 0.6 is 0 Å². The fourth-order valence-electron chi connectivity index (χ4n) is 2.15. The number of rotatable bonds is 7. The number of likely N-dealkylation sites (N-methyl/N-ethyl adjacent to an activating group) is 1. The van der Waals surface area contributed by atoms with Crippen molar-refractivity contribution in [3.05, 3.63) is 18.0 Å². The molecule has 0 radical (unpaired) electrons. The number of ether oxygens (including phenoxy) is 1. The fourth-order valence-corrected chi connectivity index (χ4v) is 2.15. The Morgan fingerprint density at radius 2 is 2.18 bits per heavy atom. The summed E-state index contributed by atoms with van der Waals surface area (Å²) in [6.45, 7) is 7.19. The van der Waals surface area contributed by atoms with Gasteiger partial charge in [0.25, 0.3) is 0 Å². The summed E-state index contributed by atoms with van der Waals surface area (Å²) in [6.07, 6.45) is 3.11. The summed E-state index contributed by atoms with van der Waals surface area (Å²) in [5, 5.41) is 7.77. The predicted octanol–water partition coefficient (Wildman–Crippen LogP) is 1.61. The summed E-state index contributed by atoms with van der Waals surface area (Å²) in [7, 11) is 3.93. The maximum absolute atomic E-state index is 5.84. The lowest BCUT2D eigenvalue weighted by molar-refractivity contribution is 0.00512. The monoisotopic (exact) mass is 239 g/mol. The number of hydrogen-bond donors (Lipinski definition) is 1. The molecule has 1 heterocycles. The highest BCUT2D eigenvalue weighted by atomic mass is 16.5. The summed E-state index contributed by atoms with van der Waals surface area (Å²) in [4.78, 5) is 0. The smallest absolute Gasteiger partial charge is 0.0754 e. The maximum Gasteiger partial charge on any atom is 0.0754 e. The van der Waals surface area contributed by atoms with Crippen LogP contribution in [0.1, 0.15) is 26.5 Å². The zero-order valence-corrected chi connectivity index (χ0v) is 11.6. The minimum absolute atomic E-state index is 0.229. The van der Waals surface area contributed by atoms with Crippen molar-refractivity contribution < 1.29 is 4.74 Å². The van der Waals surface area contributed by atoms with Crippen LogP contribution in [0.2, 0.25) is 0 Å². The van der Waals surface area contributed by atoms with Crippen molar-refractivity contribution in [2.45, 2.75) is 39.3 Å². The normalized spacial score (nSPS) is 15.2. The molecule has 4 nitrogen and oxygen atoms in total. The van der Waals surface area contributed by atoms with E-state index in [0.717, 1.165) is 18.7 Å². The molecule has 0 aliphatic heterocycles. The van der Waals surface area contributed by atoms with E-state index in [1.807, 2.05) is 31.9 Å². The Labute approximate surface area is 104 Å². The third-order valence-corrected chi connectivity index (χ3v) is 2.98. The lowest BCUT2D eigenvalue weighted by atomic mass is 9.96. The van der Waals surface area contributed by atoms with E-state index in [2.05, 4.69) is 30.3 Å². The molecule has 0 aliphatic rings. The molecule has 0 aromatic carbocycles. The third-order valence-electron chi connectivity index (χ3n) is 2.98. The molecule has 2 atom stereocenters. The van der Waals surface area contributed by atoms with Crippen molar-refractivity contribution in [1.29, 1.82) is 0 Å². The zero-order valence-electron chi connectivity index (χ0n) is 11.6. The summed E-state index contributed by atoms with van der Waals surface area (Å²) < 4.78 is 7.68. The van der Waals surface area contributed by atoms with E-state index in [1.54, 1.807) is 0 Å². The summed E-state index contributed by atoms with van der Waals surface area (Å²) >= 11 is 0. The van der Waals surface area contributed by atoms with Gasteiger partial charge in [0.05, 0.1) is 11.8 Å². The van der Waals surface area contributed by atoms with Crippen LogP contribution in [0.5, 0.6) is 0 Å². The largest absolute Gasteiger partial charge is 0.377 e. The maximum atomic E-state index is 5.84. The Morgan fingerprint density at radius 1 is 1.47 bits per heavy atom. The Morgan fingerprint density at radius 3 is 2.59 bits per heavy atom. The van der Waals surface area contributed by atoms with Crippen LogP contribution in [-0.2, 0) is 18.2 Å². The minimum Gasteiger partial charge on any atom is -0.377 e. The van der Waals surface area contributed by atoms with Crippen LogP contribution in [0.15, 0.2) is 12.3 Å². The van der Waals surface area contributed by atoms with Crippen LogP contribution < -0.4 is 5.32 Å². The molecule has 1 aromatic heterocycles. The Balaban J connectivity index is 2.68. The van der Waals surface area contributed by atoms with Crippen molar-refractivity contribution in [3.63, 3.8) is 0 Å². The third kappa shape index (κ3) is 4.13. The molecule has 1 N–H and O–H groups in total. The molecule has 0 aliphatic carbocycles. The van der Waals surface area contributed by atoms with Gasteiger partial charge >= 0.3 is 0 Å². The van der Waals surface area contributed by atoms with Crippen molar-refractivity contribution in [3.8, 4) is 0 Å². The fraction of sp³-hybridized carbons (Fsp3) is 0.769. The highest BCUT2D eigenvalue weighted by Crippen LogP contribution is 2.14. The van der Waals surface area contributed by atoms with E-state index >= 15 is 0 Å². The van der Waals surface area contributed by atoms with Gasteiger partial charge in [-0.15, -0.1) is 0 Å². The van der Waals surface area contributed by atoms with Crippen LogP contribution in [0.4, 0.5) is 0 Å². The molecule has 98 valence electrons. The topological polar surface area (TPSA) is 39.1 Å². The molecule has 2 unspecified atom stereocenters. The summed E-state index contributed by atoms with van der Waals surface area (Å²) in [5.74, 6) is 0.496. The molecule has 17 heavy (non-hydrogen) atoms. The van der Waals surface area contributed by atoms with Crippen LogP contribution in [0.25, 0.3) is 0 Å². The van der Waals surface area contributed by atoms with Gasteiger partial charge in [-0.25, -0.2) is 0 Å². The quantitative estimate of drug-likeness (QED) is 0.786. The van der Waals surface area contributed by atoms with Crippen LogP contribution in [0.3, 0.4) is 0 Å². The number of aromatic nitrogens is 2. The van der Waals surface area contributed by atoms with Gasteiger partial charge in [-0.3, -0.25) is 4.68 Å². The average molecular weight is 239 g/mol. The lowest BCUT2D eigenvalue weighted by Crippen LogP contribution is -2.44. The first-order valence-corrected chi connectivity index (χ1v) is 6.35. The molecule has 1 aromatic rings. The van der Waals surface area contributed by atoms with E-state index in [1.165, 1.54) is 0 Å². The summed E-state index contributed by atoms with van der Waals surface area (Å²) in [6, 6.07) is 2.37. The molecule has 1 rings (SSSR count). The number of hydrogen-bond acceptors (Lipinski definition) is 3. The molecular weight excluding hydrogens is 214 g/mol. The van der Waals surface area contributed by atoms with Gasteiger partial charge in [0.15, 0.2) is 0 Å². The Hall–Kier alpha value is -0.870. The lowest BCUT2D eigenvalue weighted by Gasteiger charge is -2.29. The minimum atomic E-state index is 0.229. The number of nitrogens with zero attached hydrogens (tertiary/aromatic N) is 2. The average Bonchev–Trinajstić information content (AvgIpc) is 2.68. The van der Waals surface area contributed by atoms with Crippen LogP contribution in [0, 0.1) is 5.92 Å². The molecule has 0 amide bonds. The second kappa shape index (κ2) is 6.77.